The van der Waals surface area contributed by atoms with E-state index in [0.717, 1.165) is 18.6 Å². The first kappa shape index (κ1) is 19.8. The number of hydrogen-bond acceptors (Lipinski definition) is 5. The van der Waals surface area contributed by atoms with Crippen LogP contribution in [0.5, 0.6) is 0 Å². The van der Waals surface area contributed by atoms with Crippen LogP contribution in [0.4, 0.5) is 0 Å². The minimum absolute atomic E-state index is 0.277. The first-order chi connectivity index (χ1) is 13.6. The highest BCUT2D eigenvalue weighted by Gasteiger charge is 2.35. The summed E-state index contributed by atoms with van der Waals surface area (Å²) in [5, 5.41) is 2.80. The minimum Gasteiger partial charge on any atom is -0.467 e. The van der Waals surface area contributed by atoms with E-state index in [-0.39, 0.29) is 17.7 Å². The van der Waals surface area contributed by atoms with Gasteiger partial charge in [0.15, 0.2) is 0 Å². The van der Waals surface area contributed by atoms with Crippen LogP contribution < -0.4 is 5.32 Å². The van der Waals surface area contributed by atoms with Gasteiger partial charge in [-0.25, -0.2) is 0 Å². The summed E-state index contributed by atoms with van der Waals surface area (Å²) in [6.45, 7) is 3.75. The molecular formula is C21H24N2O5. The quantitative estimate of drug-likeness (QED) is 0.502. The molecule has 1 aliphatic heterocycles. The summed E-state index contributed by atoms with van der Waals surface area (Å²) in [5.41, 5.74) is 1.04. The third-order valence-electron chi connectivity index (χ3n) is 4.54. The molecule has 1 aromatic carbocycles. The Morgan fingerprint density at radius 1 is 1.14 bits per heavy atom. The van der Waals surface area contributed by atoms with Crippen molar-refractivity contribution >= 4 is 17.7 Å². The zero-order valence-electron chi connectivity index (χ0n) is 15.9. The van der Waals surface area contributed by atoms with E-state index >= 15 is 0 Å². The lowest BCUT2D eigenvalue weighted by atomic mass is 10.1. The van der Waals surface area contributed by atoms with Crippen LogP contribution in [0.15, 0.2) is 41.0 Å². The van der Waals surface area contributed by atoms with Crippen LogP contribution in [-0.4, -0.2) is 42.3 Å². The number of furan rings is 1. The number of benzene rings is 1. The molecule has 0 aliphatic carbocycles. The van der Waals surface area contributed by atoms with Gasteiger partial charge in [-0.15, -0.1) is 0 Å². The highest BCUT2D eigenvalue weighted by molar-refractivity contribution is 6.22. The molecule has 0 radical (unpaired) electrons. The van der Waals surface area contributed by atoms with E-state index in [0.29, 0.717) is 49.4 Å². The Morgan fingerprint density at radius 2 is 1.96 bits per heavy atom. The van der Waals surface area contributed by atoms with Gasteiger partial charge in [0.2, 0.25) is 0 Å². The van der Waals surface area contributed by atoms with Gasteiger partial charge in [0.25, 0.3) is 17.7 Å². The number of nitrogens with zero attached hydrogens (tertiary/aromatic N) is 1. The summed E-state index contributed by atoms with van der Waals surface area (Å²) in [5.74, 6) is -0.126. The molecule has 28 heavy (non-hydrogen) atoms. The van der Waals surface area contributed by atoms with Gasteiger partial charge < -0.3 is 14.5 Å². The number of nitrogens with one attached hydrogen (secondary N) is 1. The topological polar surface area (TPSA) is 88.8 Å². The fourth-order valence-electron chi connectivity index (χ4n) is 3.00. The van der Waals surface area contributed by atoms with Crippen molar-refractivity contribution in [3.05, 3.63) is 59.0 Å². The molecule has 7 nitrogen and oxygen atoms in total. The highest BCUT2D eigenvalue weighted by Crippen LogP contribution is 2.24. The molecule has 3 rings (SSSR count). The van der Waals surface area contributed by atoms with Crippen LogP contribution in [0.3, 0.4) is 0 Å². The fourth-order valence-corrected chi connectivity index (χ4v) is 3.00. The van der Waals surface area contributed by atoms with E-state index in [9.17, 15) is 14.4 Å². The first-order valence-electron chi connectivity index (χ1n) is 9.50. The SMILES string of the molecule is CCCCN1C(=O)c2ccc(C(=O)NCCCOCc3ccco3)cc2C1=O. The van der Waals surface area contributed by atoms with E-state index in [1.54, 1.807) is 24.5 Å². The fraction of sp³-hybridized carbons (Fsp3) is 0.381. The van der Waals surface area contributed by atoms with Crippen molar-refractivity contribution in [3.63, 3.8) is 0 Å². The second-order valence-electron chi connectivity index (χ2n) is 6.62. The number of ether oxygens (including phenoxy) is 1. The second kappa shape index (κ2) is 9.32. The van der Waals surface area contributed by atoms with Crippen LogP contribution in [0.1, 0.15) is 63.0 Å². The maximum absolute atomic E-state index is 12.5. The summed E-state index contributed by atoms with van der Waals surface area (Å²) in [7, 11) is 0. The Kier molecular flexibility index (Phi) is 6.60. The lowest BCUT2D eigenvalue weighted by Crippen LogP contribution is -2.30. The maximum Gasteiger partial charge on any atom is 0.261 e. The average molecular weight is 384 g/mol. The third-order valence-corrected chi connectivity index (χ3v) is 4.54. The van der Waals surface area contributed by atoms with E-state index < -0.39 is 0 Å². The molecule has 2 heterocycles. The molecule has 0 saturated heterocycles. The van der Waals surface area contributed by atoms with Gasteiger partial charge in [-0.2, -0.15) is 0 Å². The van der Waals surface area contributed by atoms with E-state index in [2.05, 4.69) is 5.32 Å². The van der Waals surface area contributed by atoms with Crippen molar-refractivity contribution in [2.24, 2.45) is 0 Å². The molecule has 0 saturated carbocycles. The predicted molar refractivity (Wildman–Crippen MR) is 102 cm³/mol. The normalized spacial score (nSPS) is 13.1. The minimum atomic E-state index is -0.325. The number of amides is 3. The van der Waals surface area contributed by atoms with Crippen molar-refractivity contribution in [1.29, 1.82) is 0 Å². The molecule has 0 unspecified atom stereocenters. The molecule has 1 aliphatic rings. The van der Waals surface area contributed by atoms with E-state index in [4.69, 9.17) is 9.15 Å². The molecule has 7 heteroatoms. The molecule has 1 N–H and O–H groups in total. The molecule has 0 atom stereocenters. The van der Waals surface area contributed by atoms with Crippen LogP contribution in [0.2, 0.25) is 0 Å². The van der Waals surface area contributed by atoms with Gasteiger partial charge in [-0.3, -0.25) is 19.3 Å². The van der Waals surface area contributed by atoms with Crippen LogP contribution >= 0.6 is 0 Å². The Bertz CT molecular complexity index is 844. The summed E-state index contributed by atoms with van der Waals surface area (Å²) in [6, 6.07) is 8.28. The largest absolute Gasteiger partial charge is 0.467 e. The zero-order chi connectivity index (χ0) is 19.9. The Hall–Kier alpha value is -2.93. The molecular weight excluding hydrogens is 360 g/mol. The average Bonchev–Trinajstić information content (AvgIpc) is 3.30. The van der Waals surface area contributed by atoms with Crippen LogP contribution in [0.25, 0.3) is 0 Å². The molecule has 148 valence electrons. The number of unbranched alkanes of at least 4 members (excludes halogenated alkanes) is 1. The second-order valence-corrected chi connectivity index (χ2v) is 6.62. The van der Waals surface area contributed by atoms with Gasteiger partial charge >= 0.3 is 0 Å². The van der Waals surface area contributed by atoms with Crippen molar-refractivity contribution in [1.82, 2.24) is 10.2 Å². The molecule has 3 amide bonds. The van der Waals surface area contributed by atoms with Gasteiger partial charge in [0.1, 0.15) is 12.4 Å². The molecule has 2 aromatic rings. The number of rotatable bonds is 10. The summed E-state index contributed by atoms with van der Waals surface area (Å²) < 4.78 is 10.6. The molecule has 0 spiro atoms. The Morgan fingerprint density at radius 3 is 2.71 bits per heavy atom. The summed E-state index contributed by atoms with van der Waals surface area (Å²) in [6.07, 6.45) is 3.91. The third kappa shape index (κ3) is 4.48. The predicted octanol–water partition coefficient (Wildman–Crippen LogP) is 3.01. The number of carbonyl (C=O) groups is 3. The number of carbonyl (C=O) groups excluding carboxylic acids is 3. The van der Waals surface area contributed by atoms with Crippen molar-refractivity contribution in [2.75, 3.05) is 19.7 Å². The smallest absolute Gasteiger partial charge is 0.261 e. The molecule has 0 fully saturated rings. The number of hydrogen-bond donors (Lipinski definition) is 1. The van der Waals surface area contributed by atoms with E-state index in [1.165, 1.54) is 11.0 Å². The monoisotopic (exact) mass is 384 g/mol. The molecule has 0 bridgehead atoms. The lowest BCUT2D eigenvalue weighted by molar-refractivity contribution is 0.0652. The van der Waals surface area contributed by atoms with Crippen molar-refractivity contribution < 1.29 is 23.5 Å². The van der Waals surface area contributed by atoms with Gasteiger partial charge in [-0.1, -0.05) is 13.3 Å². The highest BCUT2D eigenvalue weighted by atomic mass is 16.5. The number of imide groups is 1. The Labute approximate surface area is 163 Å². The summed E-state index contributed by atoms with van der Waals surface area (Å²) in [4.78, 5) is 38.4. The van der Waals surface area contributed by atoms with Crippen molar-refractivity contribution in [2.45, 2.75) is 32.8 Å². The zero-order valence-corrected chi connectivity index (χ0v) is 15.9. The lowest BCUT2D eigenvalue weighted by Gasteiger charge is -2.12. The van der Waals surface area contributed by atoms with Gasteiger partial charge in [0.05, 0.1) is 17.4 Å². The van der Waals surface area contributed by atoms with Gasteiger partial charge in [0, 0.05) is 25.3 Å². The van der Waals surface area contributed by atoms with Gasteiger partial charge in [-0.05, 0) is 43.2 Å². The first-order valence-corrected chi connectivity index (χ1v) is 9.50. The van der Waals surface area contributed by atoms with E-state index in [1.807, 2.05) is 13.0 Å². The standard InChI is InChI=1S/C21H24N2O5/c1-2-3-10-23-20(25)17-8-7-15(13-18(17)21(23)26)19(24)22-9-5-11-27-14-16-6-4-12-28-16/h4,6-8,12-13H,2-3,5,9-11,14H2,1H3,(H,22,24). The number of fused-ring (bicyclic) bond motifs is 1. The van der Waals surface area contributed by atoms with Crippen LogP contribution in [-0.2, 0) is 11.3 Å². The maximum atomic E-state index is 12.5. The molecule has 1 aromatic heterocycles. The van der Waals surface area contributed by atoms with Crippen molar-refractivity contribution in [3.8, 4) is 0 Å². The Balaban J connectivity index is 1.48. The summed E-state index contributed by atoms with van der Waals surface area (Å²) >= 11 is 0. The van der Waals surface area contributed by atoms with Crippen LogP contribution in [0, 0.1) is 0 Å².